The summed E-state index contributed by atoms with van der Waals surface area (Å²) in [7, 11) is 0. The first-order valence-electron chi connectivity index (χ1n) is 4.33. The first kappa shape index (κ1) is 9.03. The molecule has 7 heteroatoms. The van der Waals surface area contributed by atoms with Gasteiger partial charge in [0.15, 0.2) is 11.8 Å². The molecule has 3 rings (SSSR count). The molecule has 0 bridgehead atoms. The minimum atomic E-state index is -3.15. The molecule has 80 valence electrons. The Balaban J connectivity index is 2.16. The lowest BCUT2D eigenvalue weighted by molar-refractivity contribution is 0.0498. The van der Waals surface area contributed by atoms with Crippen LogP contribution in [0.5, 0.6) is 11.6 Å². The van der Waals surface area contributed by atoms with E-state index in [4.69, 9.17) is 14.7 Å². The fraction of sp³-hybridized carbons (Fsp3) is 0.222. The van der Waals surface area contributed by atoms with Crippen LogP contribution in [0.2, 0.25) is 0 Å². The zero-order chi connectivity index (χ0) is 11.3. The molecule has 5 nitrogen and oxygen atoms in total. The molecule has 1 unspecified atom stereocenters. The van der Waals surface area contributed by atoms with Crippen LogP contribution in [0.3, 0.4) is 0 Å². The molecule has 1 atom stereocenters. The number of allylic oxidation sites excluding steroid dienone is 1. The highest BCUT2D eigenvalue weighted by molar-refractivity contribution is 5.69. The second-order valence-corrected chi connectivity index (χ2v) is 3.25. The predicted octanol–water partition coefficient (Wildman–Crippen LogP) is 1.22. The number of fused-ring (bicyclic) bond motifs is 3. The number of rotatable bonds is 0. The summed E-state index contributed by atoms with van der Waals surface area (Å²) < 4.78 is 36.4. The molecule has 1 aliphatic carbocycles. The lowest BCUT2D eigenvalue weighted by atomic mass is 10.2. The average Bonchev–Trinajstić information content (AvgIpc) is 2.79. The van der Waals surface area contributed by atoms with Crippen molar-refractivity contribution in [3.05, 3.63) is 17.3 Å². The van der Waals surface area contributed by atoms with Crippen LogP contribution in [-0.2, 0) is 5.92 Å². The second-order valence-electron chi connectivity index (χ2n) is 3.25. The summed E-state index contributed by atoms with van der Waals surface area (Å²) in [4.78, 5) is 0. The maximum atomic E-state index is 13.2. The molecule has 0 aromatic carbocycles. The largest absolute Gasteiger partial charge is 0.436 e. The summed E-state index contributed by atoms with van der Waals surface area (Å²) in [6.07, 6.45) is 0.736. The van der Waals surface area contributed by atoms with E-state index in [2.05, 4.69) is 10.2 Å². The Morgan fingerprint density at radius 1 is 1.38 bits per heavy atom. The summed E-state index contributed by atoms with van der Waals surface area (Å²) in [6, 6.07) is 1.70. The molecule has 2 aliphatic rings. The molecule has 0 saturated carbocycles. The molecule has 1 aromatic rings. The van der Waals surface area contributed by atoms with Gasteiger partial charge < -0.3 is 9.47 Å². The van der Waals surface area contributed by atoms with Crippen LogP contribution >= 0.6 is 0 Å². The van der Waals surface area contributed by atoms with E-state index in [9.17, 15) is 8.78 Å². The molecule has 0 saturated heterocycles. The highest BCUT2D eigenvalue weighted by atomic mass is 19.3. The Labute approximate surface area is 87.9 Å². The van der Waals surface area contributed by atoms with E-state index in [1.165, 1.54) is 6.08 Å². The molecule has 1 aromatic heterocycles. The fourth-order valence-corrected chi connectivity index (χ4v) is 1.56. The van der Waals surface area contributed by atoms with Gasteiger partial charge in [0.25, 0.3) is 5.88 Å². The Bertz CT molecular complexity index is 550. The number of nitrogens with zero attached hydrogens (tertiary/aromatic N) is 3. The van der Waals surface area contributed by atoms with Gasteiger partial charge in [0.1, 0.15) is 5.69 Å². The minimum absolute atomic E-state index is 0.0346. The summed E-state index contributed by atoms with van der Waals surface area (Å²) >= 11 is 0. The van der Waals surface area contributed by atoms with Gasteiger partial charge in [0, 0.05) is 0 Å². The van der Waals surface area contributed by atoms with Gasteiger partial charge in [0.05, 0.1) is 5.56 Å². The van der Waals surface area contributed by atoms with Crippen molar-refractivity contribution in [2.75, 3.05) is 0 Å². The zero-order valence-electron chi connectivity index (χ0n) is 7.65. The van der Waals surface area contributed by atoms with Crippen LogP contribution in [0.25, 0.3) is 6.08 Å². The molecule has 2 heterocycles. The standard InChI is InChI=1S/C9H3F2N3O2/c10-9(11)2-1-4-6-8(14-13-7(4)9)16-5(3-12)15-6/h1-2,5H. The van der Waals surface area contributed by atoms with Crippen molar-refractivity contribution in [2.24, 2.45) is 0 Å². The van der Waals surface area contributed by atoms with Crippen molar-refractivity contribution in [2.45, 2.75) is 12.2 Å². The maximum Gasteiger partial charge on any atom is 0.333 e. The topological polar surface area (TPSA) is 68.0 Å². The minimum Gasteiger partial charge on any atom is -0.436 e. The van der Waals surface area contributed by atoms with Gasteiger partial charge in [-0.1, -0.05) is 0 Å². The highest BCUT2D eigenvalue weighted by Gasteiger charge is 2.42. The van der Waals surface area contributed by atoms with E-state index >= 15 is 0 Å². The lowest BCUT2D eigenvalue weighted by Crippen LogP contribution is -2.14. The van der Waals surface area contributed by atoms with Gasteiger partial charge in [-0.15, -0.1) is 10.2 Å². The molecule has 0 fully saturated rings. The van der Waals surface area contributed by atoms with Crippen molar-refractivity contribution in [3.8, 4) is 17.7 Å². The van der Waals surface area contributed by atoms with Crippen molar-refractivity contribution in [1.82, 2.24) is 10.2 Å². The van der Waals surface area contributed by atoms with Gasteiger partial charge >= 0.3 is 12.2 Å². The molecular formula is C9H3F2N3O2. The third-order valence-electron chi connectivity index (χ3n) is 2.26. The molecular weight excluding hydrogens is 220 g/mol. The van der Waals surface area contributed by atoms with Gasteiger partial charge in [-0.25, -0.2) is 0 Å². The van der Waals surface area contributed by atoms with Gasteiger partial charge in [-0.05, 0) is 12.2 Å². The van der Waals surface area contributed by atoms with Crippen molar-refractivity contribution >= 4 is 6.08 Å². The average molecular weight is 223 g/mol. The van der Waals surface area contributed by atoms with Crippen LogP contribution in [0.4, 0.5) is 8.78 Å². The Morgan fingerprint density at radius 3 is 2.94 bits per heavy atom. The van der Waals surface area contributed by atoms with Gasteiger partial charge in [-0.2, -0.15) is 14.0 Å². The van der Waals surface area contributed by atoms with Crippen LogP contribution < -0.4 is 9.47 Å². The summed E-state index contributed by atoms with van der Waals surface area (Å²) in [5, 5.41) is 15.4. The molecule has 1 aliphatic heterocycles. The van der Waals surface area contributed by atoms with E-state index in [0.29, 0.717) is 6.08 Å². The Morgan fingerprint density at radius 2 is 2.19 bits per heavy atom. The molecule has 0 spiro atoms. The Kier molecular flexibility index (Phi) is 1.50. The second kappa shape index (κ2) is 2.66. The number of alkyl halides is 2. The number of hydrogen-bond donors (Lipinski definition) is 0. The maximum absolute atomic E-state index is 13.2. The normalized spacial score (nSPS) is 22.9. The summed E-state index contributed by atoms with van der Waals surface area (Å²) in [5.74, 6) is -3.14. The Hall–Kier alpha value is -2.23. The summed E-state index contributed by atoms with van der Waals surface area (Å²) in [5.41, 5.74) is -0.360. The van der Waals surface area contributed by atoms with Gasteiger partial charge in [-0.3, -0.25) is 0 Å². The van der Waals surface area contributed by atoms with E-state index < -0.39 is 17.9 Å². The SMILES string of the molecule is N#CC1Oc2nnc3c(c2O1)C=CC3(F)F. The quantitative estimate of drug-likeness (QED) is 0.661. The van der Waals surface area contributed by atoms with Crippen LogP contribution in [0.15, 0.2) is 6.08 Å². The number of hydrogen-bond acceptors (Lipinski definition) is 5. The third-order valence-corrected chi connectivity index (χ3v) is 2.26. The number of halogens is 2. The fourth-order valence-electron chi connectivity index (χ4n) is 1.56. The molecule has 0 amide bonds. The smallest absolute Gasteiger partial charge is 0.333 e. The van der Waals surface area contributed by atoms with E-state index in [1.54, 1.807) is 6.07 Å². The van der Waals surface area contributed by atoms with Crippen LogP contribution in [-0.4, -0.2) is 16.5 Å². The third kappa shape index (κ3) is 1.01. The lowest BCUT2D eigenvalue weighted by Gasteiger charge is -2.07. The van der Waals surface area contributed by atoms with Gasteiger partial charge in [0.2, 0.25) is 0 Å². The monoisotopic (exact) mass is 223 g/mol. The van der Waals surface area contributed by atoms with Crippen molar-refractivity contribution < 1.29 is 18.3 Å². The predicted molar refractivity (Wildman–Crippen MR) is 45.6 cm³/mol. The molecule has 0 radical (unpaired) electrons. The van der Waals surface area contributed by atoms with Crippen molar-refractivity contribution in [1.29, 1.82) is 5.26 Å². The molecule has 16 heavy (non-hydrogen) atoms. The van der Waals surface area contributed by atoms with Crippen LogP contribution in [0, 0.1) is 11.3 Å². The number of ether oxygens (including phenoxy) is 2. The zero-order valence-corrected chi connectivity index (χ0v) is 7.65. The molecule has 0 N–H and O–H groups in total. The van der Waals surface area contributed by atoms with E-state index in [0.717, 1.165) is 0 Å². The first-order chi connectivity index (χ1) is 7.62. The van der Waals surface area contributed by atoms with E-state index in [1.807, 2.05) is 0 Å². The summed E-state index contributed by atoms with van der Waals surface area (Å²) in [6.45, 7) is 0. The first-order valence-corrected chi connectivity index (χ1v) is 4.33. The van der Waals surface area contributed by atoms with Crippen LogP contribution in [0.1, 0.15) is 11.3 Å². The highest BCUT2D eigenvalue weighted by Crippen LogP contribution is 2.45. The van der Waals surface area contributed by atoms with E-state index in [-0.39, 0.29) is 17.2 Å². The van der Waals surface area contributed by atoms with Crippen molar-refractivity contribution in [3.63, 3.8) is 0 Å². The number of nitriles is 1. The number of aromatic nitrogens is 2.